The largest absolute Gasteiger partial charge is 0.456 e. The molecule has 2 aromatic heterocycles. The van der Waals surface area contributed by atoms with Gasteiger partial charge in [0.25, 0.3) is 11.7 Å². The smallest absolute Gasteiger partial charge is 0.306 e. The number of para-hydroxylation sites is 1. The summed E-state index contributed by atoms with van der Waals surface area (Å²) in [7, 11) is 0. The number of aryl methyl sites for hydroxylation is 2. The molecule has 152 valence electrons. The van der Waals surface area contributed by atoms with Gasteiger partial charge in [-0.1, -0.05) is 12.1 Å². The molecule has 0 aliphatic carbocycles. The van der Waals surface area contributed by atoms with Crippen LogP contribution in [-0.4, -0.2) is 44.3 Å². The summed E-state index contributed by atoms with van der Waals surface area (Å²) < 4.78 is 6.66. The van der Waals surface area contributed by atoms with Gasteiger partial charge < -0.3 is 15.8 Å². The van der Waals surface area contributed by atoms with Crippen molar-refractivity contribution in [3.63, 3.8) is 0 Å². The minimum atomic E-state index is -0.463. The highest BCUT2D eigenvalue weighted by Gasteiger charge is 2.15. The zero-order chi connectivity index (χ0) is 21.0. The maximum atomic E-state index is 12.1. The number of fused-ring (bicyclic) bond motifs is 1. The molecule has 2 heterocycles. The number of carbonyl (C=O) groups excluding carboxylic acids is 2. The van der Waals surface area contributed by atoms with Crippen molar-refractivity contribution >= 4 is 41.1 Å². The number of esters is 1. The second kappa shape index (κ2) is 8.91. The maximum absolute atomic E-state index is 12.1. The Morgan fingerprint density at radius 1 is 1.24 bits per heavy atom. The van der Waals surface area contributed by atoms with Crippen molar-refractivity contribution in [3.8, 4) is 0 Å². The second-order valence-electron chi connectivity index (χ2n) is 6.35. The van der Waals surface area contributed by atoms with Gasteiger partial charge in [-0.3, -0.25) is 9.59 Å². The Labute approximate surface area is 172 Å². The number of benzene rings is 1. The van der Waals surface area contributed by atoms with E-state index in [1.54, 1.807) is 10.6 Å². The number of thioether (sulfide) groups is 1. The van der Waals surface area contributed by atoms with E-state index in [1.165, 1.54) is 11.8 Å². The number of nitrogens with zero attached hydrogens (tertiary/aromatic N) is 4. The Kier molecular flexibility index (Phi) is 6.32. The third-order valence-electron chi connectivity index (χ3n) is 4.39. The third-order valence-corrected chi connectivity index (χ3v) is 5.19. The average molecular weight is 414 g/mol. The van der Waals surface area contributed by atoms with Gasteiger partial charge in [0.2, 0.25) is 5.95 Å². The molecule has 1 amide bonds. The number of nitrogens with two attached hydrogens (primary N) is 1. The van der Waals surface area contributed by atoms with E-state index in [1.807, 2.05) is 38.3 Å². The fourth-order valence-electron chi connectivity index (χ4n) is 2.97. The number of nitrogen functional groups attached to an aromatic ring is 1. The molecule has 3 rings (SSSR count). The lowest BCUT2D eigenvalue weighted by atomic mass is 10.1. The molecule has 0 aliphatic rings. The van der Waals surface area contributed by atoms with Crippen LogP contribution in [0, 0.1) is 13.8 Å². The van der Waals surface area contributed by atoms with Gasteiger partial charge in [-0.2, -0.15) is 9.50 Å². The Bertz CT molecular complexity index is 1070. The molecular weight excluding hydrogens is 392 g/mol. The van der Waals surface area contributed by atoms with E-state index in [-0.39, 0.29) is 24.9 Å². The van der Waals surface area contributed by atoms with Crippen LogP contribution in [0.1, 0.15) is 23.4 Å². The number of amides is 1. The molecule has 0 saturated carbocycles. The SMILES string of the molecule is CSc1ccccc1NC(=O)COC(=O)CCc1c(C)nc2nc(N)nn2c1C. The number of hydrogen-bond acceptors (Lipinski definition) is 8. The molecule has 0 aliphatic heterocycles. The van der Waals surface area contributed by atoms with Crippen molar-refractivity contribution in [2.75, 3.05) is 23.9 Å². The topological polar surface area (TPSA) is 124 Å². The Hall–Kier alpha value is -3.14. The summed E-state index contributed by atoms with van der Waals surface area (Å²) in [6.45, 7) is 3.37. The Balaban J connectivity index is 1.55. The van der Waals surface area contributed by atoms with Crippen LogP contribution in [0.25, 0.3) is 5.78 Å². The van der Waals surface area contributed by atoms with Crippen molar-refractivity contribution in [3.05, 3.63) is 41.2 Å². The van der Waals surface area contributed by atoms with Crippen molar-refractivity contribution in [2.45, 2.75) is 31.6 Å². The fraction of sp³-hybridized carbons (Fsp3) is 0.316. The van der Waals surface area contributed by atoms with Crippen LogP contribution < -0.4 is 11.1 Å². The quantitative estimate of drug-likeness (QED) is 0.445. The Morgan fingerprint density at radius 2 is 2.00 bits per heavy atom. The van der Waals surface area contributed by atoms with Crippen LogP contribution in [0.15, 0.2) is 29.2 Å². The highest BCUT2D eigenvalue weighted by Crippen LogP contribution is 2.24. The summed E-state index contributed by atoms with van der Waals surface area (Å²) in [4.78, 5) is 33.5. The first-order valence-corrected chi connectivity index (χ1v) is 10.2. The molecule has 0 bridgehead atoms. The number of ether oxygens (including phenoxy) is 1. The summed E-state index contributed by atoms with van der Waals surface area (Å²) >= 11 is 1.52. The molecule has 3 N–H and O–H groups in total. The summed E-state index contributed by atoms with van der Waals surface area (Å²) in [6, 6.07) is 7.44. The summed E-state index contributed by atoms with van der Waals surface area (Å²) in [5.74, 6) is -0.277. The lowest BCUT2D eigenvalue weighted by Gasteiger charge is -2.11. The summed E-state index contributed by atoms with van der Waals surface area (Å²) in [5, 5.41) is 6.86. The molecule has 0 fully saturated rings. The molecule has 29 heavy (non-hydrogen) atoms. The zero-order valence-electron chi connectivity index (χ0n) is 16.4. The Morgan fingerprint density at radius 3 is 2.76 bits per heavy atom. The average Bonchev–Trinajstić information content (AvgIpc) is 3.07. The molecule has 0 saturated heterocycles. The zero-order valence-corrected chi connectivity index (χ0v) is 17.2. The predicted molar refractivity (Wildman–Crippen MR) is 111 cm³/mol. The maximum Gasteiger partial charge on any atom is 0.306 e. The van der Waals surface area contributed by atoms with Crippen molar-refractivity contribution in [2.24, 2.45) is 0 Å². The van der Waals surface area contributed by atoms with Gasteiger partial charge in [-0.15, -0.1) is 16.9 Å². The lowest BCUT2D eigenvalue weighted by Crippen LogP contribution is -2.21. The van der Waals surface area contributed by atoms with Crippen LogP contribution in [-0.2, 0) is 20.7 Å². The molecule has 3 aromatic rings. The minimum absolute atomic E-state index is 0.119. The van der Waals surface area contributed by atoms with E-state index >= 15 is 0 Å². The molecule has 1 aromatic carbocycles. The highest BCUT2D eigenvalue weighted by atomic mass is 32.2. The molecule has 10 heteroatoms. The van der Waals surface area contributed by atoms with E-state index in [2.05, 4.69) is 20.4 Å². The summed E-state index contributed by atoms with van der Waals surface area (Å²) in [6.07, 6.45) is 2.46. The van der Waals surface area contributed by atoms with E-state index in [0.717, 1.165) is 21.8 Å². The van der Waals surface area contributed by atoms with Crippen LogP contribution in [0.5, 0.6) is 0 Å². The minimum Gasteiger partial charge on any atom is -0.456 e. The van der Waals surface area contributed by atoms with Gasteiger partial charge in [-0.25, -0.2) is 4.98 Å². The molecule has 0 radical (unpaired) electrons. The highest BCUT2D eigenvalue weighted by molar-refractivity contribution is 7.98. The van der Waals surface area contributed by atoms with Crippen LogP contribution in [0.4, 0.5) is 11.6 Å². The van der Waals surface area contributed by atoms with Crippen molar-refractivity contribution < 1.29 is 14.3 Å². The fourth-order valence-corrected chi connectivity index (χ4v) is 3.52. The van der Waals surface area contributed by atoms with E-state index in [0.29, 0.717) is 17.9 Å². The van der Waals surface area contributed by atoms with Gasteiger partial charge in [0.05, 0.1) is 5.69 Å². The van der Waals surface area contributed by atoms with Crippen LogP contribution in [0.3, 0.4) is 0 Å². The van der Waals surface area contributed by atoms with Gasteiger partial charge >= 0.3 is 5.97 Å². The number of rotatable bonds is 7. The molecular formula is C19H22N6O3S. The monoisotopic (exact) mass is 414 g/mol. The number of carbonyl (C=O) groups is 2. The number of hydrogen-bond donors (Lipinski definition) is 2. The predicted octanol–water partition coefficient (Wildman–Crippen LogP) is 2.16. The number of anilines is 2. The number of nitrogens with one attached hydrogen (secondary N) is 1. The van der Waals surface area contributed by atoms with E-state index < -0.39 is 5.97 Å². The van der Waals surface area contributed by atoms with Crippen LogP contribution >= 0.6 is 11.8 Å². The first-order valence-electron chi connectivity index (χ1n) is 8.96. The first kappa shape index (κ1) is 20.6. The van der Waals surface area contributed by atoms with E-state index in [4.69, 9.17) is 10.5 Å². The van der Waals surface area contributed by atoms with Gasteiger partial charge in [-0.05, 0) is 44.2 Å². The van der Waals surface area contributed by atoms with Crippen molar-refractivity contribution in [1.82, 2.24) is 19.6 Å². The molecule has 0 unspecified atom stereocenters. The lowest BCUT2D eigenvalue weighted by molar-refractivity contribution is -0.147. The molecule has 0 spiro atoms. The van der Waals surface area contributed by atoms with Gasteiger partial charge in [0.1, 0.15) is 0 Å². The molecule has 0 atom stereocenters. The van der Waals surface area contributed by atoms with Crippen molar-refractivity contribution in [1.29, 1.82) is 0 Å². The third kappa shape index (κ3) is 4.83. The van der Waals surface area contributed by atoms with Gasteiger partial charge in [0.15, 0.2) is 6.61 Å². The standard InChI is InChI=1S/C19H22N6O3S/c1-11-13(12(2)25-19(21-11)23-18(20)24-25)8-9-17(27)28-10-16(26)22-14-6-4-5-7-15(14)29-3/h4-7H,8-10H2,1-3H3,(H2,20,24)(H,22,26). The summed E-state index contributed by atoms with van der Waals surface area (Å²) in [5.41, 5.74) is 8.76. The van der Waals surface area contributed by atoms with E-state index in [9.17, 15) is 9.59 Å². The molecule has 9 nitrogen and oxygen atoms in total. The second-order valence-corrected chi connectivity index (χ2v) is 7.20. The van der Waals surface area contributed by atoms with Gasteiger partial charge in [0, 0.05) is 22.7 Å². The van der Waals surface area contributed by atoms with Crippen LogP contribution in [0.2, 0.25) is 0 Å². The number of aromatic nitrogens is 4. The normalized spacial score (nSPS) is 10.9. The first-order chi connectivity index (χ1) is 13.9.